The molecule has 0 unspecified atom stereocenters. The van der Waals surface area contributed by atoms with Crippen LogP contribution < -0.4 is 5.32 Å². The molecule has 0 aliphatic rings. The number of halogens is 1. The number of hydrogen-bond donors (Lipinski definition) is 1. The molecular weight excluding hydrogens is 344 g/mol. The average molecular weight is 361 g/mol. The lowest BCUT2D eigenvalue weighted by Crippen LogP contribution is -2.21. The first-order chi connectivity index (χ1) is 10.5. The zero-order chi connectivity index (χ0) is 16.1. The van der Waals surface area contributed by atoms with Crippen LogP contribution in [-0.2, 0) is 11.2 Å². The molecule has 0 heterocycles. The fraction of sp³-hybridized carbons (Fsp3) is 0.176. The Kier molecular flexibility index (Phi) is 5.33. The minimum absolute atomic E-state index is 0.0623. The lowest BCUT2D eigenvalue weighted by molar-refractivity contribution is -0.115. The van der Waals surface area contributed by atoms with Crippen molar-refractivity contribution in [1.82, 2.24) is 4.90 Å². The van der Waals surface area contributed by atoms with Gasteiger partial charge < -0.3 is 10.2 Å². The molecule has 0 spiro atoms. The molecule has 0 atom stereocenters. The molecule has 0 saturated carbocycles. The summed E-state index contributed by atoms with van der Waals surface area (Å²) >= 11 is 3.36. The third-order valence-corrected chi connectivity index (χ3v) is 3.63. The van der Waals surface area contributed by atoms with E-state index in [1.54, 1.807) is 38.4 Å². The quantitative estimate of drug-likeness (QED) is 0.908. The largest absolute Gasteiger partial charge is 0.345 e. The van der Waals surface area contributed by atoms with Gasteiger partial charge in [-0.15, -0.1) is 0 Å². The minimum Gasteiger partial charge on any atom is -0.345 e. The summed E-state index contributed by atoms with van der Waals surface area (Å²) in [5, 5.41) is 2.82. The van der Waals surface area contributed by atoms with Crippen molar-refractivity contribution >= 4 is 33.4 Å². The zero-order valence-electron chi connectivity index (χ0n) is 12.5. The van der Waals surface area contributed by atoms with Crippen LogP contribution in [0.4, 0.5) is 5.69 Å². The summed E-state index contributed by atoms with van der Waals surface area (Å²) in [7, 11) is 3.41. The fourth-order valence-corrected chi connectivity index (χ4v) is 2.21. The van der Waals surface area contributed by atoms with Crippen LogP contribution >= 0.6 is 15.9 Å². The van der Waals surface area contributed by atoms with Gasteiger partial charge in [0.1, 0.15) is 0 Å². The van der Waals surface area contributed by atoms with Crippen molar-refractivity contribution < 1.29 is 9.59 Å². The van der Waals surface area contributed by atoms with Crippen molar-refractivity contribution in [2.45, 2.75) is 6.42 Å². The van der Waals surface area contributed by atoms with Gasteiger partial charge in [0.2, 0.25) is 5.91 Å². The van der Waals surface area contributed by atoms with Gasteiger partial charge >= 0.3 is 0 Å². The molecule has 0 radical (unpaired) electrons. The Bertz CT molecular complexity index is 664. The minimum atomic E-state index is -0.0889. The Hall–Kier alpha value is -2.14. The van der Waals surface area contributed by atoms with Gasteiger partial charge in [-0.2, -0.15) is 0 Å². The number of nitrogens with zero attached hydrogens (tertiary/aromatic N) is 1. The number of hydrogen-bond acceptors (Lipinski definition) is 2. The van der Waals surface area contributed by atoms with Gasteiger partial charge in [-0.1, -0.05) is 28.1 Å². The molecule has 0 aliphatic heterocycles. The summed E-state index contributed by atoms with van der Waals surface area (Å²) in [6.45, 7) is 0. The van der Waals surface area contributed by atoms with Gasteiger partial charge in [0.25, 0.3) is 5.91 Å². The van der Waals surface area contributed by atoms with Crippen LogP contribution in [0.15, 0.2) is 53.0 Å². The Balaban J connectivity index is 1.97. The number of rotatable bonds is 4. The van der Waals surface area contributed by atoms with Gasteiger partial charge in [0.05, 0.1) is 6.42 Å². The SMILES string of the molecule is CN(C)C(=O)c1ccc(NC(=O)Cc2ccc(Br)cc2)cc1. The van der Waals surface area contributed by atoms with Crippen molar-refractivity contribution in [1.29, 1.82) is 0 Å². The van der Waals surface area contributed by atoms with E-state index in [1.165, 1.54) is 4.90 Å². The highest BCUT2D eigenvalue weighted by Gasteiger charge is 2.08. The van der Waals surface area contributed by atoms with Crippen LogP contribution in [0.2, 0.25) is 0 Å². The Morgan fingerprint density at radius 2 is 1.59 bits per heavy atom. The smallest absolute Gasteiger partial charge is 0.253 e. The maximum Gasteiger partial charge on any atom is 0.253 e. The van der Waals surface area contributed by atoms with E-state index in [4.69, 9.17) is 0 Å². The van der Waals surface area contributed by atoms with E-state index in [0.29, 0.717) is 17.7 Å². The highest BCUT2D eigenvalue weighted by Crippen LogP contribution is 2.13. The van der Waals surface area contributed by atoms with Gasteiger partial charge in [-0.25, -0.2) is 0 Å². The van der Waals surface area contributed by atoms with Gasteiger partial charge in [0.15, 0.2) is 0 Å². The average Bonchev–Trinajstić information content (AvgIpc) is 2.49. The molecule has 4 nitrogen and oxygen atoms in total. The summed E-state index contributed by atoms with van der Waals surface area (Å²) < 4.78 is 0.984. The molecule has 0 aromatic heterocycles. The van der Waals surface area contributed by atoms with E-state index in [-0.39, 0.29) is 11.8 Å². The van der Waals surface area contributed by atoms with Gasteiger partial charge in [0, 0.05) is 29.8 Å². The second-order valence-corrected chi connectivity index (χ2v) is 6.04. The predicted octanol–water partition coefficient (Wildman–Crippen LogP) is 3.33. The van der Waals surface area contributed by atoms with E-state index in [1.807, 2.05) is 24.3 Å². The number of anilines is 1. The van der Waals surface area contributed by atoms with E-state index in [9.17, 15) is 9.59 Å². The summed E-state index contributed by atoms with van der Waals surface area (Å²) in [5.74, 6) is -0.151. The summed E-state index contributed by atoms with van der Waals surface area (Å²) in [6.07, 6.45) is 0.311. The topological polar surface area (TPSA) is 49.4 Å². The lowest BCUT2D eigenvalue weighted by atomic mass is 10.1. The van der Waals surface area contributed by atoms with Gasteiger partial charge in [-0.05, 0) is 42.0 Å². The number of nitrogens with one attached hydrogen (secondary N) is 1. The van der Waals surface area contributed by atoms with Crippen LogP contribution in [0.5, 0.6) is 0 Å². The maximum absolute atomic E-state index is 12.0. The van der Waals surface area contributed by atoms with Crippen LogP contribution in [0, 0.1) is 0 Å². The third-order valence-electron chi connectivity index (χ3n) is 3.10. The second kappa shape index (κ2) is 7.22. The number of carbonyl (C=O) groups is 2. The molecule has 5 heteroatoms. The first-order valence-corrected chi connectivity index (χ1v) is 7.61. The Morgan fingerprint density at radius 3 is 2.14 bits per heavy atom. The third kappa shape index (κ3) is 4.43. The Morgan fingerprint density at radius 1 is 1.00 bits per heavy atom. The molecule has 0 fully saturated rings. The summed E-state index contributed by atoms with van der Waals surface area (Å²) in [5.41, 5.74) is 2.22. The monoisotopic (exact) mass is 360 g/mol. The van der Waals surface area contributed by atoms with E-state index in [0.717, 1.165) is 10.0 Å². The number of benzene rings is 2. The molecule has 0 bridgehead atoms. The molecule has 2 amide bonds. The van der Waals surface area contributed by atoms with E-state index in [2.05, 4.69) is 21.2 Å². The molecule has 2 aromatic rings. The first-order valence-electron chi connectivity index (χ1n) is 6.82. The van der Waals surface area contributed by atoms with Crippen LogP contribution in [0.25, 0.3) is 0 Å². The second-order valence-electron chi connectivity index (χ2n) is 5.13. The molecule has 0 saturated heterocycles. The fourth-order valence-electron chi connectivity index (χ4n) is 1.95. The normalized spacial score (nSPS) is 10.1. The molecular formula is C17H17BrN2O2. The first kappa shape index (κ1) is 16.2. The van der Waals surface area contributed by atoms with Crippen molar-refractivity contribution in [2.24, 2.45) is 0 Å². The van der Waals surface area contributed by atoms with Crippen LogP contribution in [0.1, 0.15) is 15.9 Å². The predicted molar refractivity (Wildman–Crippen MR) is 90.9 cm³/mol. The molecule has 0 aliphatic carbocycles. The van der Waals surface area contributed by atoms with E-state index >= 15 is 0 Å². The molecule has 114 valence electrons. The molecule has 2 aromatic carbocycles. The standard InChI is InChI=1S/C17H17BrN2O2/c1-20(2)17(22)13-5-9-15(10-6-13)19-16(21)11-12-3-7-14(18)8-4-12/h3-10H,11H2,1-2H3,(H,19,21). The van der Waals surface area contributed by atoms with Crippen LogP contribution in [0.3, 0.4) is 0 Å². The maximum atomic E-state index is 12.0. The van der Waals surface area contributed by atoms with Gasteiger partial charge in [-0.3, -0.25) is 9.59 Å². The highest BCUT2D eigenvalue weighted by molar-refractivity contribution is 9.10. The number of carbonyl (C=O) groups excluding carboxylic acids is 2. The van der Waals surface area contributed by atoms with Crippen molar-refractivity contribution in [3.8, 4) is 0 Å². The Labute approximate surface area is 138 Å². The molecule has 2 rings (SSSR count). The van der Waals surface area contributed by atoms with Crippen molar-refractivity contribution in [3.63, 3.8) is 0 Å². The molecule has 1 N–H and O–H groups in total. The summed E-state index contributed by atoms with van der Waals surface area (Å²) in [6, 6.07) is 14.5. The highest BCUT2D eigenvalue weighted by atomic mass is 79.9. The van der Waals surface area contributed by atoms with Crippen molar-refractivity contribution in [3.05, 3.63) is 64.1 Å². The van der Waals surface area contributed by atoms with Crippen LogP contribution in [-0.4, -0.2) is 30.8 Å². The molecule has 22 heavy (non-hydrogen) atoms. The number of amides is 2. The lowest BCUT2D eigenvalue weighted by Gasteiger charge is -2.11. The zero-order valence-corrected chi connectivity index (χ0v) is 14.1. The van der Waals surface area contributed by atoms with Crippen molar-refractivity contribution in [2.75, 3.05) is 19.4 Å². The van der Waals surface area contributed by atoms with E-state index < -0.39 is 0 Å². The summed E-state index contributed by atoms with van der Waals surface area (Å²) in [4.78, 5) is 25.3.